The topological polar surface area (TPSA) is 49.9 Å². The van der Waals surface area contributed by atoms with Gasteiger partial charge in [0.25, 0.3) is 0 Å². The zero-order chi connectivity index (χ0) is 21.7. The number of hydrogen-bond acceptors (Lipinski definition) is 5. The molecule has 0 N–H and O–H groups in total. The van der Waals surface area contributed by atoms with Crippen LogP contribution < -0.4 is 0 Å². The van der Waals surface area contributed by atoms with Gasteiger partial charge in [0.2, 0.25) is 0 Å². The monoisotopic (exact) mass is 441 g/mol. The van der Waals surface area contributed by atoms with Gasteiger partial charge in [0.05, 0.1) is 0 Å². The van der Waals surface area contributed by atoms with Crippen LogP contribution in [0.2, 0.25) is 10.2 Å². The molecule has 0 unspecified atom stereocenters. The summed E-state index contributed by atoms with van der Waals surface area (Å²) in [7, 11) is 4.28. The molecule has 0 amide bonds. The van der Waals surface area contributed by atoms with Crippen molar-refractivity contribution in [2.75, 3.05) is 14.1 Å². The van der Waals surface area contributed by atoms with Gasteiger partial charge in [-0.2, -0.15) is 0 Å². The van der Waals surface area contributed by atoms with Crippen molar-refractivity contribution in [1.82, 2.24) is 9.80 Å². The van der Waals surface area contributed by atoms with Gasteiger partial charge in [-0.15, -0.1) is 0 Å². The van der Waals surface area contributed by atoms with Crippen molar-refractivity contribution in [2.45, 2.75) is 120 Å². The van der Waals surface area contributed by atoms with Crippen molar-refractivity contribution in [3.8, 4) is 0 Å². The molecule has 0 spiro atoms. The number of piperidine rings is 2. The summed E-state index contributed by atoms with van der Waals surface area (Å²) in [6.45, 7) is 17.6. The molecule has 2 aliphatic rings. The van der Waals surface area contributed by atoms with E-state index in [1.807, 2.05) is 0 Å². The second-order valence-electron chi connectivity index (χ2n) is 11.3. The number of carbonyl (C=O) groups excluding carboxylic acids is 1. The van der Waals surface area contributed by atoms with Crippen molar-refractivity contribution < 1.29 is 27.0 Å². The van der Waals surface area contributed by atoms with Gasteiger partial charge in [-0.3, -0.25) is 0 Å². The van der Waals surface area contributed by atoms with E-state index in [9.17, 15) is 8.66 Å². The maximum absolute atomic E-state index is 13.1. The number of nitrogens with zero attached hydrogens (tertiary/aromatic N) is 2. The van der Waals surface area contributed by atoms with Crippen LogP contribution in [0.25, 0.3) is 0 Å². The first-order valence-corrected chi connectivity index (χ1v) is 12.2. The maximum atomic E-state index is 13.1. The van der Waals surface area contributed by atoms with Crippen LogP contribution in [0.15, 0.2) is 0 Å². The third-order valence-electron chi connectivity index (χ3n) is 7.32. The van der Waals surface area contributed by atoms with E-state index in [0.717, 1.165) is 25.7 Å². The van der Waals surface area contributed by atoms with Crippen LogP contribution in [0.4, 0.5) is 0 Å². The van der Waals surface area contributed by atoms with Crippen molar-refractivity contribution in [3.63, 3.8) is 0 Å². The molecule has 0 atom stereocenters. The Morgan fingerprint density at radius 1 is 0.821 bits per heavy atom. The summed E-state index contributed by atoms with van der Waals surface area (Å²) >= 11 is -1.59. The van der Waals surface area contributed by atoms with Gasteiger partial charge in [0.15, 0.2) is 0 Å². The number of likely N-dealkylation sites (tertiary alicyclic amines) is 2. The second kappa shape index (κ2) is 7.75. The molecule has 2 saturated heterocycles. The van der Waals surface area contributed by atoms with Gasteiger partial charge in [0.1, 0.15) is 0 Å². The summed E-state index contributed by atoms with van der Waals surface area (Å²) < 4.78 is 18.9. The molecule has 0 radical (unpaired) electrons. The van der Waals surface area contributed by atoms with E-state index in [1.54, 1.807) is 0 Å². The summed E-state index contributed by atoms with van der Waals surface area (Å²) in [5, 5.41) is 0.0424. The van der Waals surface area contributed by atoms with Gasteiger partial charge < -0.3 is 0 Å². The van der Waals surface area contributed by atoms with E-state index in [1.165, 1.54) is 0 Å². The van der Waals surface area contributed by atoms with Crippen LogP contribution in [-0.4, -0.2) is 58.1 Å². The predicted molar refractivity (Wildman–Crippen MR) is 109 cm³/mol. The van der Waals surface area contributed by atoms with E-state index in [-0.39, 0.29) is 44.4 Å². The van der Waals surface area contributed by atoms with Crippen molar-refractivity contribution >= 4 is 5.97 Å². The molecule has 2 rings (SSSR count). The molecule has 5 nitrogen and oxygen atoms in total. The van der Waals surface area contributed by atoms with E-state index in [0.29, 0.717) is 0 Å². The Bertz CT molecular complexity index is 591. The number of hydrogen-bond donors (Lipinski definition) is 0. The van der Waals surface area contributed by atoms with Crippen LogP contribution in [-0.2, 0) is 27.0 Å². The molecule has 2 fully saturated rings. The van der Waals surface area contributed by atoms with Crippen molar-refractivity contribution in [2.24, 2.45) is 0 Å². The van der Waals surface area contributed by atoms with Gasteiger partial charge >= 0.3 is 176 Å². The van der Waals surface area contributed by atoms with Crippen molar-refractivity contribution in [3.05, 3.63) is 0 Å². The molecule has 0 aliphatic carbocycles. The van der Waals surface area contributed by atoms with E-state index < -0.39 is 13.6 Å². The summed E-state index contributed by atoms with van der Waals surface area (Å²) in [6.07, 6.45) is 3.21. The molecular formula is C22H42CoN2O3. The van der Waals surface area contributed by atoms with Gasteiger partial charge in [-0.05, 0) is 0 Å². The van der Waals surface area contributed by atoms with Crippen molar-refractivity contribution in [1.29, 1.82) is 0 Å². The number of rotatable bonds is 4. The van der Waals surface area contributed by atoms with Crippen LogP contribution in [0, 0.1) is 0 Å². The quantitative estimate of drug-likeness (QED) is 0.595. The second-order valence-corrected chi connectivity index (χ2v) is 13.5. The zero-order valence-electron chi connectivity index (χ0n) is 19.6. The Labute approximate surface area is 176 Å². The molecule has 0 aromatic heterocycles. The average Bonchev–Trinajstić information content (AvgIpc) is 2.48. The van der Waals surface area contributed by atoms with Crippen LogP contribution in [0.1, 0.15) is 81.1 Å². The first-order chi connectivity index (χ1) is 12.5. The number of ether oxygens (including phenoxy) is 1. The molecule has 2 heterocycles. The number of esters is 1. The molecule has 0 saturated carbocycles. The fourth-order valence-corrected chi connectivity index (χ4v) is 7.32. The SMILES string of the molecule is CN1C(C)(C)CC(OC(=O)[CH2][Co](=[O])[CH]2CC(C)(C)N(C)C(C)(C)C2)CC1(C)C. The van der Waals surface area contributed by atoms with E-state index in [2.05, 4.69) is 79.3 Å². The Morgan fingerprint density at radius 2 is 1.18 bits per heavy atom. The minimum absolute atomic E-state index is 0.0251. The molecule has 0 bridgehead atoms. The first kappa shape index (κ1) is 24.0. The average molecular weight is 442 g/mol. The van der Waals surface area contributed by atoms with Crippen LogP contribution in [0.5, 0.6) is 0 Å². The van der Waals surface area contributed by atoms with Crippen LogP contribution >= 0.6 is 0 Å². The van der Waals surface area contributed by atoms with Crippen LogP contribution in [0.3, 0.4) is 0 Å². The van der Waals surface area contributed by atoms with Gasteiger partial charge in [0, 0.05) is 0 Å². The standard InChI is InChI=1S/C12H22NO2.C10H20N.Co.O/c1-9(14)15-10-7-11(2,3)13(6)12(4,5)8-10;1-9(2)7-6-8-10(3,4)11(9)5;;/h10H,1,7-8H2,2-6H3;6H,7-8H2,1-5H3;;. The Morgan fingerprint density at radius 3 is 1.57 bits per heavy atom. The fourth-order valence-electron chi connectivity index (χ4n) is 5.12. The van der Waals surface area contributed by atoms with E-state index in [4.69, 9.17) is 4.74 Å². The van der Waals surface area contributed by atoms with E-state index >= 15 is 0 Å². The Kier molecular flexibility index (Phi) is 6.63. The summed E-state index contributed by atoms with van der Waals surface area (Å²) in [5.41, 5.74) is -0.112. The molecule has 0 aromatic carbocycles. The predicted octanol–water partition coefficient (Wildman–Crippen LogP) is 4.63. The normalized spacial score (nSPS) is 28.7. The van der Waals surface area contributed by atoms with Gasteiger partial charge in [-0.25, -0.2) is 0 Å². The molecule has 28 heavy (non-hydrogen) atoms. The molecule has 6 heteroatoms. The Balaban J connectivity index is 1.99. The Hall–Kier alpha value is -0.304. The minimum atomic E-state index is -1.59. The summed E-state index contributed by atoms with van der Waals surface area (Å²) in [6, 6.07) is 0. The molecule has 2 aliphatic heterocycles. The zero-order valence-corrected chi connectivity index (χ0v) is 20.7. The summed E-state index contributed by atoms with van der Waals surface area (Å²) in [5.74, 6) is -0.296. The first-order valence-electron chi connectivity index (χ1n) is 10.4. The molecule has 0 aromatic rings. The third kappa shape index (κ3) is 5.05. The fraction of sp³-hybridized carbons (Fsp3) is 0.955. The summed E-state index contributed by atoms with van der Waals surface area (Å²) in [4.78, 5) is 17.4. The molecular weight excluding hydrogens is 399 g/mol. The number of carbonyl (C=O) groups is 1. The van der Waals surface area contributed by atoms with Gasteiger partial charge in [-0.1, -0.05) is 0 Å². The molecule has 167 valence electrons. The third-order valence-corrected chi connectivity index (χ3v) is 9.36.